The van der Waals surface area contributed by atoms with E-state index in [1.54, 1.807) is 24.3 Å². The second-order valence-corrected chi connectivity index (χ2v) is 7.20. The Bertz CT molecular complexity index is 553. The molecule has 0 N–H and O–H groups in total. The summed E-state index contributed by atoms with van der Waals surface area (Å²) in [6, 6.07) is 6.40. The summed E-state index contributed by atoms with van der Waals surface area (Å²) in [6.07, 6.45) is 10.2. The zero-order chi connectivity index (χ0) is 20.6. The van der Waals surface area contributed by atoms with Crippen LogP contribution in [0.4, 0.5) is 0 Å². The van der Waals surface area contributed by atoms with Gasteiger partial charge in [0.2, 0.25) is 0 Å². The Morgan fingerprint density at radius 2 is 1.43 bits per heavy atom. The van der Waals surface area contributed by atoms with Gasteiger partial charge in [-0.15, -0.1) is 0 Å². The lowest BCUT2D eigenvalue weighted by atomic mass is 10.1. The lowest BCUT2D eigenvalue weighted by Crippen LogP contribution is -2.39. The van der Waals surface area contributed by atoms with Gasteiger partial charge in [-0.25, -0.2) is 4.79 Å². The Labute approximate surface area is 169 Å². The number of hydrogen-bond acceptors (Lipinski definition) is 5. The van der Waals surface area contributed by atoms with Gasteiger partial charge in [0.05, 0.1) is 18.1 Å². The number of esters is 1. The fourth-order valence-corrected chi connectivity index (χ4v) is 2.95. The quantitative estimate of drug-likeness (QED) is 0.302. The largest absolute Gasteiger partial charge is 0.546 e. The van der Waals surface area contributed by atoms with Crippen molar-refractivity contribution >= 4 is 11.9 Å². The van der Waals surface area contributed by atoms with Crippen molar-refractivity contribution in [3.63, 3.8) is 0 Å². The lowest BCUT2D eigenvalue weighted by Gasteiger charge is -2.20. The smallest absolute Gasteiger partial charge is 0.338 e. The number of benzene rings is 1. The molecule has 28 heavy (non-hydrogen) atoms. The van der Waals surface area contributed by atoms with Gasteiger partial charge < -0.3 is 19.4 Å². The standard InChI is InChI=1S/C23H36O5/c1-3-5-7-9-10-11-13-21(22(24)25)28-20-16-14-19(15-17-20)23(26)27-18-12-8-6-4-2/h14-17,21H,3-13,18H2,1-2H3,(H,24,25)/p-1. The van der Waals surface area contributed by atoms with Crippen LogP contribution in [0, 0.1) is 0 Å². The molecular formula is C23H35O5-. The van der Waals surface area contributed by atoms with Crippen LogP contribution in [0.15, 0.2) is 24.3 Å². The molecule has 0 spiro atoms. The Balaban J connectivity index is 2.40. The van der Waals surface area contributed by atoms with Gasteiger partial charge in [-0.2, -0.15) is 0 Å². The van der Waals surface area contributed by atoms with Gasteiger partial charge in [0.25, 0.3) is 0 Å². The summed E-state index contributed by atoms with van der Waals surface area (Å²) < 4.78 is 10.8. The second kappa shape index (κ2) is 14.9. The molecule has 0 aliphatic heterocycles. The highest BCUT2D eigenvalue weighted by molar-refractivity contribution is 5.89. The summed E-state index contributed by atoms with van der Waals surface area (Å²) in [5, 5.41) is 11.3. The van der Waals surface area contributed by atoms with Crippen molar-refractivity contribution in [2.75, 3.05) is 6.61 Å². The van der Waals surface area contributed by atoms with E-state index in [9.17, 15) is 14.7 Å². The number of unbranched alkanes of at least 4 members (excludes halogenated alkanes) is 8. The van der Waals surface area contributed by atoms with Gasteiger partial charge in [0, 0.05) is 0 Å². The first-order valence-electron chi connectivity index (χ1n) is 10.7. The number of carbonyl (C=O) groups is 2. The summed E-state index contributed by atoms with van der Waals surface area (Å²) in [7, 11) is 0. The molecule has 0 bridgehead atoms. The van der Waals surface area contributed by atoms with Gasteiger partial charge in [0.15, 0.2) is 0 Å². The Morgan fingerprint density at radius 3 is 2.04 bits per heavy atom. The number of hydrogen-bond donors (Lipinski definition) is 0. The average molecular weight is 392 g/mol. The van der Waals surface area contributed by atoms with Gasteiger partial charge in [-0.1, -0.05) is 65.2 Å². The lowest BCUT2D eigenvalue weighted by molar-refractivity contribution is -0.313. The van der Waals surface area contributed by atoms with Crippen LogP contribution in [0.25, 0.3) is 0 Å². The first kappa shape index (κ1) is 24.0. The minimum Gasteiger partial charge on any atom is -0.546 e. The number of rotatable bonds is 16. The topological polar surface area (TPSA) is 75.7 Å². The van der Waals surface area contributed by atoms with Crippen LogP contribution in [0.1, 0.15) is 94.8 Å². The summed E-state index contributed by atoms with van der Waals surface area (Å²) in [4.78, 5) is 23.3. The van der Waals surface area contributed by atoms with Gasteiger partial charge in [-0.05, 0) is 43.5 Å². The maximum atomic E-state index is 12.0. The van der Waals surface area contributed by atoms with E-state index in [4.69, 9.17) is 9.47 Å². The third kappa shape index (κ3) is 10.3. The highest BCUT2D eigenvalue weighted by Gasteiger charge is 2.13. The molecule has 5 heteroatoms. The molecule has 1 rings (SSSR count). The number of carbonyl (C=O) groups excluding carboxylic acids is 2. The molecule has 0 saturated heterocycles. The molecule has 1 aromatic rings. The van der Waals surface area contributed by atoms with Crippen LogP contribution < -0.4 is 9.84 Å². The maximum Gasteiger partial charge on any atom is 0.338 e. The molecule has 158 valence electrons. The zero-order valence-corrected chi connectivity index (χ0v) is 17.4. The van der Waals surface area contributed by atoms with Gasteiger partial charge in [0.1, 0.15) is 11.9 Å². The Hall–Kier alpha value is -2.04. The Morgan fingerprint density at radius 1 is 0.857 bits per heavy atom. The third-order valence-electron chi connectivity index (χ3n) is 4.68. The zero-order valence-electron chi connectivity index (χ0n) is 17.4. The minimum absolute atomic E-state index is 0.369. The van der Waals surface area contributed by atoms with E-state index < -0.39 is 12.1 Å². The summed E-state index contributed by atoms with van der Waals surface area (Å²) in [6.45, 7) is 4.72. The first-order chi connectivity index (χ1) is 13.6. The molecule has 1 aromatic carbocycles. The third-order valence-corrected chi connectivity index (χ3v) is 4.68. The van der Waals surface area contributed by atoms with Crippen LogP contribution in [-0.2, 0) is 9.53 Å². The average Bonchev–Trinajstić information content (AvgIpc) is 2.69. The van der Waals surface area contributed by atoms with E-state index in [-0.39, 0.29) is 5.97 Å². The molecule has 0 aromatic heterocycles. The molecule has 5 nitrogen and oxygen atoms in total. The number of carboxylic acids is 1. The van der Waals surface area contributed by atoms with Gasteiger partial charge >= 0.3 is 5.97 Å². The van der Waals surface area contributed by atoms with E-state index in [0.29, 0.717) is 24.3 Å². The monoisotopic (exact) mass is 391 g/mol. The Kier molecular flexibility index (Phi) is 12.8. The van der Waals surface area contributed by atoms with E-state index in [1.165, 1.54) is 19.3 Å². The highest BCUT2D eigenvalue weighted by atomic mass is 16.5. The van der Waals surface area contributed by atoms with E-state index in [2.05, 4.69) is 13.8 Å². The number of ether oxygens (including phenoxy) is 2. The van der Waals surface area contributed by atoms with Crippen molar-refractivity contribution in [2.45, 2.75) is 90.6 Å². The normalized spacial score (nSPS) is 11.8. The predicted octanol–water partition coefficient (Wildman–Crippen LogP) is 4.67. The van der Waals surface area contributed by atoms with Crippen LogP contribution in [-0.4, -0.2) is 24.6 Å². The van der Waals surface area contributed by atoms with Gasteiger partial charge in [-0.3, -0.25) is 0 Å². The molecule has 0 saturated carbocycles. The maximum absolute atomic E-state index is 12.0. The highest BCUT2D eigenvalue weighted by Crippen LogP contribution is 2.18. The van der Waals surface area contributed by atoms with Crippen molar-refractivity contribution in [2.24, 2.45) is 0 Å². The fourth-order valence-electron chi connectivity index (χ4n) is 2.95. The van der Waals surface area contributed by atoms with E-state index >= 15 is 0 Å². The minimum atomic E-state index is -1.20. The summed E-state index contributed by atoms with van der Waals surface area (Å²) >= 11 is 0. The van der Waals surface area contributed by atoms with E-state index in [0.717, 1.165) is 44.9 Å². The molecule has 1 atom stereocenters. The SMILES string of the molecule is CCCCCCCCC(Oc1ccc(C(=O)OCCCCCC)cc1)C(=O)[O-]. The number of aliphatic carboxylic acids is 1. The summed E-state index contributed by atoms with van der Waals surface area (Å²) in [5.74, 6) is -1.16. The predicted molar refractivity (Wildman–Crippen MR) is 108 cm³/mol. The van der Waals surface area contributed by atoms with E-state index in [1.807, 2.05) is 0 Å². The molecule has 0 aliphatic rings. The van der Waals surface area contributed by atoms with Crippen LogP contribution in [0.5, 0.6) is 5.75 Å². The molecule has 0 radical (unpaired) electrons. The van der Waals surface area contributed by atoms with Crippen LogP contribution in [0.3, 0.4) is 0 Å². The van der Waals surface area contributed by atoms with Crippen molar-refractivity contribution in [1.29, 1.82) is 0 Å². The first-order valence-corrected chi connectivity index (χ1v) is 10.7. The van der Waals surface area contributed by atoms with Crippen molar-refractivity contribution in [3.8, 4) is 5.75 Å². The van der Waals surface area contributed by atoms with Crippen molar-refractivity contribution < 1.29 is 24.2 Å². The second-order valence-electron chi connectivity index (χ2n) is 7.20. The molecule has 0 aliphatic carbocycles. The van der Waals surface area contributed by atoms with Crippen LogP contribution in [0.2, 0.25) is 0 Å². The van der Waals surface area contributed by atoms with Crippen molar-refractivity contribution in [3.05, 3.63) is 29.8 Å². The van der Waals surface area contributed by atoms with Crippen LogP contribution >= 0.6 is 0 Å². The number of carboxylic acid groups (broad SMARTS) is 1. The molecule has 0 amide bonds. The fraction of sp³-hybridized carbons (Fsp3) is 0.652. The molecular weight excluding hydrogens is 356 g/mol. The van der Waals surface area contributed by atoms with Crippen molar-refractivity contribution in [1.82, 2.24) is 0 Å². The molecule has 1 unspecified atom stereocenters. The molecule has 0 heterocycles. The summed E-state index contributed by atoms with van der Waals surface area (Å²) in [5.41, 5.74) is 0.434. The molecule has 0 fully saturated rings.